The molecule has 4 aliphatic rings. The molecule has 3 aromatic rings. The van der Waals surface area contributed by atoms with E-state index >= 15 is 0 Å². The molecule has 1 aliphatic carbocycles. The maximum absolute atomic E-state index is 13.4. The normalized spacial score (nSPS) is 22.8. The van der Waals surface area contributed by atoms with Crippen molar-refractivity contribution in [3.63, 3.8) is 0 Å². The molecular weight excluding hydrogens is 784 g/mol. The third-order valence-corrected chi connectivity index (χ3v) is 13.1. The first kappa shape index (κ1) is 42.5. The van der Waals surface area contributed by atoms with E-state index in [4.69, 9.17) is 21.7 Å². The second kappa shape index (κ2) is 17.6. The Labute approximate surface area is 355 Å². The van der Waals surface area contributed by atoms with E-state index in [9.17, 15) is 24.4 Å². The quantitative estimate of drug-likeness (QED) is 0.147. The number of anilines is 2. The molecule has 4 fully saturated rings. The van der Waals surface area contributed by atoms with Gasteiger partial charge in [-0.25, -0.2) is 9.97 Å². The zero-order valence-corrected chi connectivity index (χ0v) is 35.3. The van der Waals surface area contributed by atoms with Gasteiger partial charge in [0.05, 0.1) is 16.1 Å². The standard InChI is InChI=1S/C44H53ClN10O5/c1-43(2)40(44(3,4)41(43)60-32-7-5-28(23-46)34(45)22-32)52-37(57)30-25-48-42(49-26-30)55-15-12-27(13-16-55)11-14-53-17-19-54(20-18-53)31-6-8-33(29(21-31)24-47)38(58)50-35-9-10-36(56)51-39(35)59/h5-8,21-22,24-27,35,40-41,47H,9-20H2,1-4H3,(H,50,58)(H,52,57)(H,51,56,59). The van der Waals surface area contributed by atoms with Gasteiger partial charge < -0.3 is 30.6 Å². The third kappa shape index (κ3) is 8.95. The van der Waals surface area contributed by atoms with E-state index in [1.54, 1.807) is 36.7 Å². The summed E-state index contributed by atoms with van der Waals surface area (Å²) >= 11 is 6.24. The number of rotatable bonds is 12. The lowest BCUT2D eigenvalue weighted by atomic mass is 9.49. The fourth-order valence-corrected chi connectivity index (χ4v) is 9.78. The second-order valence-corrected chi connectivity index (χ2v) is 17.9. The molecule has 1 aromatic heterocycles. The molecule has 0 radical (unpaired) electrons. The van der Waals surface area contributed by atoms with Crippen molar-refractivity contribution in [3.05, 3.63) is 76.1 Å². The highest BCUT2D eigenvalue weighted by Crippen LogP contribution is 2.55. The maximum atomic E-state index is 13.4. The number of hydrogen-bond donors (Lipinski definition) is 4. The van der Waals surface area contributed by atoms with Crippen LogP contribution in [0.1, 0.15) is 91.6 Å². The van der Waals surface area contributed by atoms with Gasteiger partial charge in [0.15, 0.2) is 0 Å². The fraction of sp³-hybridized carbons (Fsp3) is 0.500. The number of imide groups is 1. The number of aromatic nitrogens is 2. The minimum atomic E-state index is -0.775. The molecule has 3 saturated heterocycles. The van der Waals surface area contributed by atoms with Gasteiger partial charge in [0.1, 0.15) is 24.0 Å². The summed E-state index contributed by atoms with van der Waals surface area (Å²) in [6, 6.07) is 11.6. The number of amides is 4. The number of nitrogens with one attached hydrogen (secondary N) is 4. The molecule has 0 bridgehead atoms. The summed E-state index contributed by atoms with van der Waals surface area (Å²) in [5.74, 6) is 0.304. The van der Waals surface area contributed by atoms with Crippen molar-refractivity contribution < 1.29 is 23.9 Å². The summed E-state index contributed by atoms with van der Waals surface area (Å²) in [4.78, 5) is 66.1. The molecule has 7 rings (SSSR count). The number of halogens is 1. The summed E-state index contributed by atoms with van der Waals surface area (Å²) in [7, 11) is 0. The summed E-state index contributed by atoms with van der Waals surface area (Å²) in [5, 5.41) is 25.7. The second-order valence-electron chi connectivity index (χ2n) is 17.5. The number of piperidine rings is 2. The number of carbonyl (C=O) groups is 4. The summed E-state index contributed by atoms with van der Waals surface area (Å²) in [6.45, 7) is 14.5. The molecule has 4 amide bonds. The molecule has 2 aromatic carbocycles. The Morgan fingerprint density at radius 3 is 2.28 bits per heavy atom. The topological polar surface area (TPSA) is 197 Å². The Kier molecular flexibility index (Phi) is 12.4. The summed E-state index contributed by atoms with van der Waals surface area (Å²) in [5.41, 5.74) is 1.78. The lowest BCUT2D eigenvalue weighted by Crippen LogP contribution is -2.74. The van der Waals surface area contributed by atoms with Crippen molar-refractivity contribution >= 4 is 53.1 Å². The van der Waals surface area contributed by atoms with E-state index in [-0.39, 0.29) is 47.6 Å². The van der Waals surface area contributed by atoms with Crippen LogP contribution in [0.2, 0.25) is 5.02 Å². The highest BCUT2D eigenvalue weighted by molar-refractivity contribution is 6.31. The number of carbonyl (C=O) groups excluding carboxylic acids is 4. The van der Waals surface area contributed by atoms with E-state index in [0.717, 1.165) is 77.0 Å². The Hall–Kier alpha value is -5.59. The Morgan fingerprint density at radius 2 is 1.65 bits per heavy atom. The molecule has 60 heavy (non-hydrogen) atoms. The highest BCUT2D eigenvalue weighted by Gasteiger charge is 2.64. The Morgan fingerprint density at radius 1 is 0.950 bits per heavy atom. The van der Waals surface area contributed by atoms with Crippen LogP contribution in [0.5, 0.6) is 5.75 Å². The molecule has 4 heterocycles. The van der Waals surface area contributed by atoms with Crippen LogP contribution in [0.4, 0.5) is 11.6 Å². The maximum Gasteiger partial charge on any atom is 0.254 e. The SMILES string of the molecule is CC1(C)C(NC(=O)c2cnc(N3CCC(CCN4CCN(c5ccc(C(=O)NC6CCC(=O)NC6=O)c(C=N)c5)CC4)CC3)nc2)C(C)(C)C1Oc1ccc(C#N)c(Cl)c1. The summed E-state index contributed by atoms with van der Waals surface area (Å²) in [6.07, 6.45) is 7.81. The number of nitriles is 1. The number of ether oxygens (including phenoxy) is 1. The highest BCUT2D eigenvalue weighted by atomic mass is 35.5. The van der Waals surface area contributed by atoms with E-state index in [0.29, 0.717) is 44.9 Å². The van der Waals surface area contributed by atoms with Gasteiger partial charge in [0.2, 0.25) is 17.8 Å². The van der Waals surface area contributed by atoms with Crippen molar-refractivity contribution in [2.24, 2.45) is 16.7 Å². The molecule has 0 spiro atoms. The van der Waals surface area contributed by atoms with Gasteiger partial charge in [0.25, 0.3) is 11.8 Å². The van der Waals surface area contributed by atoms with Crippen LogP contribution in [-0.2, 0) is 9.59 Å². The molecule has 3 aliphatic heterocycles. The van der Waals surface area contributed by atoms with Crippen LogP contribution in [0.15, 0.2) is 48.8 Å². The van der Waals surface area contributed by atoms with E-state index in [1.165, 1.54) is 0 Å². The van der Waals surface area contributed by atoms with Gasteiger partial charge in [-0.2, -0.15) is 5.26 Å². The number of piperazine rings is 1. The lowest BCUT2D eigenvalue weighted by Gasteiger charge is -2.63. The average molecular weight is 837 g/mol. The van der Waals surface area contributed by atoms with Gasteiger partial charge in [-0.15, -0.1) is 0 Å². The molecule has 1 saturated carbocycles. The van der Waals surface area contributed by atoms with Crippen molar-refractivity contribution in [2.75, 3.05) is 55.6 Å². The minimum absolute atomic E-state index is 0.172. The van der Waals surface area contributed by atoms with Crippen molar-refractivity contribution in [3.8, 4) is 11.8 Å². The number of nitrogens with zero attached hydrogens (tertiary/aromatic N) is 6. The van der Waals surface area contributed by atoms with Gasteiger partial charge in [0, 0.05) is 104 Å². The zero-order chi connectivity index (χ0) is 42.8. The van der Waals surface area contributed by atoms with Gasteiger partial charge in [-0.3, -0.25) is 29.4 Å². The van der Waals surface area contributed by atoms with Crippen LogP contribution in [0.3, 0.4) is 0 Å². The van der Waals surface area contributed by atoms with E-state index < -0.39 is 17.9 Å². The lowest BCUT2D eigenvalue weighted by molar-refractivity contribution is -0.164. The van der Waals surface area contributed by atoms with E-state index in [2.05, 4.69) is 74.4 Å². The average Bonchev–Trinajstić information content (AvgIpc) is 3.25. The van der Waals surface area contributed by atoms with E-state index in [1.807, 2.05) is 12.1 Å². The first-order valence-corrected chi connectivity index (χ1v) is 21.1. The first-order chi connectivity index (χ1) is 28.7. The Balaban J connectivity index is 0.830. The Bertz CT molecular complexity index is 2160. The predicted octanol–water partition coefficient (Wildman–Crippen LogP) is 4.58. The smallest absolute Gasteiger partial charge is 0.254 e. The van der Waals surface area contributed by atoms with Crippen molar-refractivity contribution in [2.45, 2.75) is 78.0 Å². The molecule has 316 valence electrons. The van der Waals surface area contributed by atoms with Crippen LogP contribution in [0, 0.1) is 33.5 Å². The molecule has 1 unspecified atom stereocenters. The van der Waals surface area contributed by atoms with Crippen LogP contribution >= 0.6 is 11.6 Å². The fourth-order valence-electron chi connectivity index (χ4n) is 9.57. The van der Waals surface area contributed by atoms with Gasteiger partial charge in [-0.05, 0) is 68.5 Å². The largest absolute Gasteiger partial charge is 0.489 e. The van der Waals surface area contributed by atoms with Gasteiger partial charge >= 0.3 is 0 Å². The van der Waals surface area contributed by atoms with Crippen LogP contribution < -0.4 is 30.5 Å². The number of hydrogen-bond acceptors (Lipinski definition) is 12. The molecule has 16 heteroatoms. The van der Waals surface area contributed by atoms with Gasteiger partial charge in [-0.1, -0.05) is 39.3 Å². The van der Waals surface area contributed by atoms with Crippen molar-refractivity contribution in [1.29, 1.82) is 10.7 Å². The molecule has 4 N–H and O–H groups in total. The molecule has 15 nitrogen and oxygen atoms in total. The molecule has 1 atom stereocenters. The monoisotopic (exact) mass is 836 g/mol. The van der Waals surface area contributed by atoms with Crippen LogP contribution in [0.25, 0.3) is 0 Å². The van der Waals surface area contributed by atoms with Crippen molar-refractivity contribution in [1.82, 2.24) is 30.8 Å². The predicted molar refractivity (Wildman–Crippen MR) is 228 cm³/mol. The van der Waals surface area contributed by atoms with Crippen LogP contribution in [-0.4, -0.2) is 109 Å². The first-order valence-electron chi connectivity index (χ1n) is 20.7. The summed E-state index contributed by atoms with van der Waals surface area (Å²) < 4.78 is 6.36. The third-order valence-electron chi connectivity index (χ3n) is 12.8. The minimum Gasteiger partial charge on any atom is -0.489 e. The number of benzene rings is 2. The zero-order valence-electron chi connectivity index (χ0n) is 34.6. The molecular formula is C44H53ClN10O5.